The van der Waals surface area contributed by atoms with Crippen LogP contribution in [-0.2, 0) is 11.3 Å². The van der Waals surface area contributed by atoms with Crippen LogP contribution in [0.15, 0.2) is 17.5 Å². The number of rotatable bonds is 5. The third-order valence-electron chi connectivity index (χ3n) is 4.13. The molecular formula is C14H23N5O2. The summed E-state index contributed by atoms with van der Waals surface area (Å²) in [5, 5.41) is 19.1. The van der Waals surface area contributed by atoms with E-state index in [9.17, 15) is 4.79 Å². The second-order valence-electron chi connectivity index (χ2n) is 5.66. The number of oxime groups is 1. The van der Waals surface area contributed by atoms with Gasteiger partial charge in [-0.25, -0.2) is 0 Å². The maximum Gasteiger partial charge on any atom is 0.234 e. The van der Waals surface area contributed by atoms with Gasteiger partial charge in [-0.2, -0.15) is 5.10 Å². The maximum absolute atomic E-state index is 12.5. The van der Waals surface area contributed by atoms with Crippen molar-refractivity contribution in [2.75, 3.05) is 6.54 Å². The van der Waals surface area contributed by atoms with Crippen LogP contribution >= 0.6 is 0 Å². The highest BCUT2D eigenvalue weighted by molar-refractivity contribution is 6.06. The molecule has 0 aliphatic heterocycles. The average Bonchev–Trinajstić information content (AvgIpc) is 2.92. The van der Waals surface area contributed by atoms with E-state index in [1.807, 2.05) is 13.1 Å². The molecule has 21 heavy (non-hydrogen) atoms. The first-order valence-corrected chi connectivity index (χ1v) is 7.34. The van der Waals surface area contributed by atoms with E-state index in [1.54, 1.807) is 10.9 Å². The number of amidine groups is 1. The molecule has 1 saturated carbocycles. The Kier molecular flexibility index (Phi) is 4.82. The van der Waals surface area contributed by atoms with Gasteiger partial charge in [-0.05, 0) is 25.3 Å². The standard InChI is InChI=1S/C14H23N5O2/c1-11-9-17-19(10-11)8-7-16-13(20)14(12(15)18-21)5-3-2-4-6-14/h9-10,21H,2-8H2,1H3,(H2,15,18)(H,16,20). The molecule has 1 aromatic heterocycles. The van der Waals surface area contributed by atoms with Gasteiger partial charge in [0.25, 0.3) is 0 Å². The average molecular weight is 293 g/mol. The molecule has 1 heterocycles. The maximum atomic E-state index is 12.5. The van der Waals surface area contributed by atoms with Crippen molar-refractivity contribution in [3.63, 3.8) is 0 Å². The molecule has 0 spiro atoms. The number of nitrogens with two attached hydrogens (primary N) is 1. The van der Waals surface area contributed by atoms with Gasteiger partial charge in [0.15, 0.2) is 5.84 Å². The van der Waals surface area contributed by atoms with E-state index >= 15 is 0 Å². The van der Waals surface area contributed by atoms with Gasteiger partial charge in [-0.3, -0.25) is 9.48 Å². The zero-order chi connectivity index (χ0) is 15.3. The number of hydrogen-bond acceptors (Lipinski definition) is 4. The van der Waals surface area contributed by atoms with Gasteiger partial charge in [0.05, 0.1) is 12.7 Å². The first-order valence-electron chi connectivity index (χ1n) is 7.34. The van der Waals surface area contributed by atoms with E-state index in [-0.39, 0.29) is 11.7 Å². The highest BCUT2D eigenvalue weighted by atomic mass is 16.4. The lowest BCUT2D eigenvalue weighted by molar-refractivity contribution is -0.129. The smallest absolute Gasteiger partial charge is 0.234 e. The van der Waals surface area contributed by atoms with E-state index in [4.69, 9.17) is 10.9 Å². The van der Waals surface area contributed by atoms with Gasteiger partial charge in [0, 0.05) is 12.7 Å². The molecule has 1 aliphatic carbocycles. The largest absolute Gasteiger partial charge is 0.409 e. The number of carbonyl (C=O) groups excluding carboxylic acids is 1. The number of nitrogens with zero attached hydrogens (tertiary/aromatic N) is 3. The van der Waals surface area contributed by atoms with Crippen molar-refractivity contribution in [1.29, 1.82) is 0 Å². The van der Waals surface area contributed by atoms with Gasteiger partial charge in [0.1, 0.15) is 5.41 Å². The molecule has 116 valence electrons. The summed E-state index contributed by atoms with van der Waals surface area (Å²) in [7, 11) is 0. The van der Waals surface area contributed by atoms with Crippen LogP contribution in [0.3, 0.4) is 0 Å². The molecule has 0 atom stereocenters. The topological polar surface area (TPSA) is 106 Å². The summed E-state index contributed by atoms with van der Waals surface area (Å²) in [5.41, 5.74) is 6.02. The molecule has 4 N–H and O–H groups in total. The lowest BCUT2D eigenvalue weighted by Gasteiger charge is -2.34. The summed E-state index contributed by atoms with van der Waals surface area (Å²) in [4.78, 5) is 12.5. The monoisotopic (exact) mass is 293 g/mol. The van der Waals surface area contributed by atoms with Gasteiger partial charge >= 0.3 is 0 Å². The minimum absolute atomic E-state index is 0.0228. The van der Waals surface area contributed by atoms with E-state index in [0.29, 0.717) is 25.9 Å². The predicted octanol–water partition coefficient (Wildman–Crippen LogP) is 1.00. The Bertz CT molecular complexity index is 517. The summed E-state index contributed by atoms with van der Waals surface area (Å²) >= 11 is 0. The fourth-order valence-corrected chi connectivity index (χ4v) is 2.89. The molecule has 0 bridgehead atoms. The van der Waals surface area contributed by atoms with Gasteiger partial charge in [-0.1, -0.05) is 24.4 Å². The number of aryl methyl sites for hydroxylation is 1. The van der Waals surface area contributed by atoms with E-state index < -0.39 is 5.41 Å². The lowest BCUT2D eigenvalue weighted by Crippen LogP contribution is -2.51. The Balaban J connectivity index is 1.95. The molecule has 7 nitrogen and oxygen atoms in total. The molecule has 7 heteroatoms. The zero-order valence-corrected chi connectivity index (χ0v) is 12.4. The van der Waals surface area contributed by atoms with Crippen molar-refractivity contribution in [2.45, 2.75) is 45.6 Å². The quantitative estimate of drug-likeness (QED) is 0.326. The molecule has 0 saturated heterocycles. The molecule has 1 aliphatic rings. The molecule has 2 rings (SSSR count). The van der Waals surface area contributed by atoms with Crippen molar-refractivity contribution < 1.29 is 10.0 Å². The van der Waals surface area contributed by atoms with Crippen LogP contribution in [0.5, 0.6) is 0 Å². The van der Waals surface area contributed by atoms with Gasteiger partial charge in [0.2, 0.25) is 5.91 Å². The van der Waals surface area contributed by atoms with Crippen molar-refractivity contribution in [3.05, 3.63) is 18.0 Å². The Hall–Kier alpha value is -2.05. The Morgan fingerprint density at radius 1 is 1.52 bits per heavy atom. The van der Waals surface area contributed by atoms with Crippen molar-refractivity contribution in [2.24, 2.45) is 16.3 Å². The van der Waals surface area contributed by atoms with Crippen molar-refractivity contribution in [1.82, 2.24) is 15.1 Å². The van der Waals surface area contributed by atoms with Crippen molar-refractivity contribution in [3.8, 4) is 0 Å². The first-order chi connectivity index (χ1) is 10.1. The number of nitrogens with one attached hydrogen (secondary N) is 1. The number of aromatic nitrogens is 2. The summed E-state index contributed by atoms with van der Waals surface area (Å²) in [6, 6.07) is 0. The highest BCUT2D eigenvalue weighted by Crippen LogP contribution is 2.36. The second-order valence-corrected chi connectivity index (χ2v) is 5.66. The summed E-state index contributed by atoms with van der Waals surface area (Å²) in [5.74, 6) is -0.129. The fourth-order valence-electron chi connectivity index (χ4n) is 2.89. The Morgan fingerprint density at radius 3 is 2.81 bits per heavy atom. The van der Waals surface area contributed by atoms with E-state index in [1.165, 1.54) is 0 Å². The summed E-state index contributed by atoms with van der Waals surface area (Å²) in [6.45, 7) is 3.05. The number of carbonyl (C=O) groups is 1. The third kappa shape index (κ3) is 3.34. The Morgan fingerprint density at radius 2 is 2.24 bits per heavy atom. The van der Waals surface area contributed by atoms with Crippen LogP contribution in [-0.4, -0.2) is 33.3 Å². The van der Waals surface area contributed by atoms with Crippen molar-refractivity contribution >= 4 is 11.7 Å². The first kappa shape index (κ1) is 15.3. The summed E-state index contributed by atoms with van der Waals surface area (Å²) in [6.07, 6.45) is 7.89. The van der Waals surface area contributed by atoms with Crippen LogP contribution in [0.2, 0.25) is 0 Å². The van der Waals surface area contributed by atoms with Crippen LogP contribution < -0.4 is 11.1 Å². The molecule has 1 amide bonds. The molecule has 0 unspecified atom stereocenters. The van der Waals surface area contributed by atoms with E-state index in [2.05, 4.69) is 15.6 Å². The van der Waals surface area contributed by atoms with Crippen LogP contribution in [0.1, 0.15) is 37.7 Å². The SMILES string of the molecule is Cc1cnn(CCNC(=O)C2(C(N)=NO)CCCCC2)c1. The Labute approximate surface area is 124 Å². The van der Waals surface area contributed by atoms with Crippen LogP contribution in [0, 0.1) is 12.3 Å². The highest BCUT2D eigenvalue weighted by Gasteiger charge is 2.43. The minimum atomic E-state index is -0.854. The molecule has 1 aromatic rings. The number of amides is 1. The second kappa shape index (κ2) is 6.60. The molecule has 1 fully saturated rings. The normalized spacial score (nSPS) is 18.4. The molecular weight excluding hydrogens is 270 g/mol. The van der Waals surface area contributed by atoms with Gasteiger partial charge in [-0.15, -0.1) is 0 Å². The minimum Gasteiger partial charge on any atom is -0.409 e. The molecule has 0 radical (unpaired) electrons. The van der Waals surface area contributed by atoms with E-state index in [0.717, 1.165) is 24.8 Å². The molecule has 0 aromatic carbocycles. The fraction of sp³-hybridized carbons (Fsp3) is 0.643. The summed E-state index contributed by atoms with van der Waals surface area (Å²) < 4.78 is 1.78. The van der Waals surface area contributed by atoms with Crippen LogP contribution in [0.25, 0.3) is 0 Å². The van der Waals surface area contributed by atoms with Gasteiger partial charge < -0.3 is 16.3 Å². The predicted molar refractivity (Wildman–Crippen MR) is 78.9 cm³/mol. The lowest BCUT2D eigenvalue weighted by atomic mass is 9.72. The zero-order valence-electron chi connectivity index (χ0n) is 12.4. The van der Waals surface area contributed by atoms with Crippen LogP contribution in [0.4, 0.5) is 0 Å². The third-order valence-corrected chi connectivity index (χ3v) is 4.13. The number of hydrogen-bond donors (Lipinski definition) is 3.